The van der Waals surface area contributed by atoms with Gasteiger partial charge in [-0.3, -0.25) is 4.68 Å². The fourth-order valence-electron chi connectivity index (χ4n) is 1.80. The third-order valence-electron chi connectivity index (χ3n) is 2.81. The van der Waals surface area contributed by atoms with Gasteiger partial charge in [0.25, 0.3) is 0 Å². The van der Waals surface area contributed by atoms with Gasteiger partial charge in [-0.15, -0.1) is 0 Å². The van der Waals surface area contributed by atoms with Crippen molar-refractivity contribution in [2.75, 3.05) is 0 Å². The van der Waals surface area contributed by atoms with Crippen molar-refractivity contribution in [3.63, 3.8) is 0 Å². The Kier molecular flexibility index (Phi) is 1.87. The Hall–Kier alpha value is -0.900. The number of hydrogen-bond acceptors (Lipinski definition) is 3. The van der Waals surface area contributed by atoms with E-state index in [4.69, 9.17) is 5.73 Å². The van der Waals surface area contributed by atoms with Gasteiger partial charge in [0.1, 0.15) is 5.82 Å². The molecule has 0 amide bonds. The molecule has 2 N–H and O–H groups in total. The van der Waals surface area contributed by atoms with Crippen molar-refractivity contribution in [2.45, 2.75) is 38.1 Å². The third kappa shape index (κ3) is 1.25. The zero-order chi connectivity index (χ0) is 9.47. The maximum atomic E-state index is 6.17. The minimum Gasteiger partial charge on any atom is -0.319 e. The first-order chi connectivity index (χ1) is 6.15. The molecule has 1 heterocycles. The molecule has 1 fully saturated rings. The predicted molar refractivity (Wildman–Crippen MR) is 50.1 cm³/mol. The Bertz CT molecular complexity index is 311. The van der Waals surface area contributed by atoms with Crippen LogP contribution in [-0.4, -0.2) is 14.8 Å². The van der Waals surface area contributed by atoms with Gasteiger partial charge in [0.2, 0.25) is 0 Å². The Balaban J connectivity index is 2.33. The Labute approximate surface area is 78.1 Å². The molecule has 2 rings (SSSR count). The average molecular weight is 180 g/mol. The topological polar surface area (TPSA) is 56.7 Å². The smallest absolute Gasteiger partial charge is 0.150 e. The summed E-state index contributed by atoms with van der Waals surface area (Å²) >= 11 is 0. The minimum atomic E-state index is -0.185. The number of aryl methyl sites for hydroxylation is 2. The molecule has 1 saturated carbocycles. The van der Waals surface area contributed by atoms with E-state index in [2.05, 4.69) is 17.0 Å². The highest BCUT2D eigenvalue weighted by atomic mass is 15.3. The highest BCUT2D eigenvalue weighted by molar-refractivity contribution is 5.11. The third-order valence-corrected chi connectivity index (χ3v) is 2.81. The molecule has 0 atom stereocenters. The van der Waals surface area contributed by atoms with Gasteiger partial charge in [-0.1, -0.05) is 6.92 Å². The molecule has 0 saturated heterocycles. The van der Waals surface area contributed by atoms with Crippen LogP contribution in [0.1, 0.15) is 37.8 Å². The van der Waals surface area contributed by atoms with Crippen LogP contribution in [-0.2, 0) is 19.0 Å². The second-order valence-electron chi connectivity index (χ2n) is 3.84. The molecule has 0 radical (unpaired) electrons. The zero-order valence-corrected chi connectivity index (χ0v) is 8.25. The molecule has 0 aromatic carbocycles. The van der Waals surface area contributed by atoms with Crippen molar-refractivity contribution >= 4 is 0 Å². The van der Waals surface area contributed by atoms with Crippen LogP contribution in [0.15, 0.2) is 0 Å². The van der Waals surface area contributed by atoms with E-state index in [1.807, 2.05) is 11.7 Å². The van der Waals surface area contributed by atoms with Crippen LogP contribution in [0, 0.1) is 0 Å². The largest absolute Gasteiger partial charge is 0.319 e. The van der Waals surface area contributed by atoms with Crippen LogP contribution in [0.3, 0.4) is 0 Å². The van der Waals surface area contributed by atoms with Crippen molar-refractivity contribution in [2.24, 2.45) is 12.8 Å². The second-order valence-corrected chi connectivity index (χ2v) is 3.84. The Morgan fingerprint density at radius 3 is 2.62 bits per heavy atom. The molecule has 4 nitrogen and oxygen atoms in total. The summed E-state index contributed by atoms with van der Waals surface area (Å²) in [4.78, 5) is 4.45. The Morgan fingerprint density at radius 2 is 2.23 bits per heavy atom. The summed E-state index contributed by atoms with van der Waals surface area (Å²) in [5.41, 5.74) is 5.98. The van der Waals surface area contributed by atoms with Gasteiger partial charge < -0.3 is 5.73 Å². The molecule has 13 heavy (non-hydrogen) atoms. The SMILES string of the molecule is CCc1nc(C2(N)CCC2)n(C)n1. The highest BCUT2D eigenvalue weighted by Crippen LogP contribution is 2.37. The van der Waals surface area contributed by atoms with E-state index in [0.29, 0.717) is 0 Å². The van der Waals surface area contributed by atoms with Crippen molar-refractivity contribution in [1.29, 1.82) is 0 Å². The molecule has 1 aromatic rings. The quantitative estimate of drug-likeness (QED) is 0.729. The number of aromatic nitrogens is 3. The molecule has 0 unspecified atom stereocenters. The van der Waals surface area contributed by atoms with Crippen LogP contribution in [0.25, 0.3) is 0 Å². The monoisotopic (exact) mass is 180 g/mol. The maximum Gasteiger partial charge on any atom is 0.150 e. The summed E-state index contributed by atoms with van der Waals surface area (Å²) in [7, 11) is 1.93. The van der Waals surface area contributed by atoms with E-state index in [1.165, 1.54) is 6.42 Å². The molecule has 1 aliphatic carbocycles. The van der Waals surface area contributed by atoms with Gasteiger partial charge in [-0.25, -0.2) is 4.98 Å². The van der Waals surface area contributed by atoms with Crippen molar-refractivity contribution in [3.05, 3.63) is 11.6 Å². The number of nitrogens with zero attached hydrogens (tertiary/aromatic N) is 3. The van der Waals surface area contributed by atoms with Gasteiger partial charge in [-0.2, -0.15) is 5.10 Å². The van der Waals surface area contributed by atoms with Crippen LogP contribution in [0.5, 0.6) is 0 Å². The van der Waals surface area contributed by atoms with Crippen molar-refractivity contribution in [3.8, 4) is 0 Å². The molecule has 0 aliphatic heterocycles. The van der Waals surface area contributed by atoms with Crippen molar-refractivity contribution < 1.29 is 0 Å². The molecule has 0 spiro atoms. The normalized spacial score (nSPS) is 19.9. The lowest BCUT2D eigenvalue weighted by Crippen LogP contribution is -2.45. The lowest BCUT2D eigenvalue weighted by atomic mass is 9.77. The lowest BCUT2D eigenvalue weighted by Gasteiger charge is -2.36. The van der Waals surface area contributed by atoms with Gasteiger partial charge in [0.05, 0.1) is 5.54 Å². The van der Waals surface area contributed by atoms with E-state index in [-0.39, 0.29) is 5.54 Å². The average Bonchev–Trinajstić information content (AvgIpc) is 2.43. The minimum absolute atomic E-state index is 0.185. The fourth-order valence-corrected chi connectivity index (χ4v) is 1.80. The molecule has 72 valence electrons. The van der Waals surface area contributed by atoms with Gasteiger partial charge in [0, 0.05) is 13.5 Å². The van der Waals surface area contributed by atoms with Gasteiger partial charge >= 0.3 is 0 Å². The van der Waals surface area contributed by atoms with Crippen molar-refractivity contribution in [1.82, 2.24) is 14.8 Å². The van der Waals surface area contributed by atoms with E-state index in [9.17, 15) is 0 Å². The first-order valence-electron chi connectivity index (χ1n) is 4.85. The van der Waals surface area contributed by atoms with E-state index in [0.717, 1.165) is 30.9 Å². The molecular weight excluding hydrogens is 164 g/mol. The first kappa shape index (κ1) is 8.69. The molecular formula is C9H16N4. The summed E-state index contributed by atoms with van der Waals surface area (Å²) in [6, 6.07) is 0. The zero-order valence-electron chi connectivity index (χ0n) is 8.25. The van der Waals surface area contributed by atoms with E-state index < -0.39 is 0 Å². The summed E-state index contributed by atoms with van der Waals surface area (Å²) in [5.74, 6) is 1.85. The fraction of sp³-hybridized carbons (Fsp3) is 0.778. The Morgan fingerprint density at radius 1 is 1.54 bits per heavy atom. The second kappa shape index (κ2) is 2.80. The maximum absolute atomic E-state index is 6.17. The standard InChI is InChI=1S/C9H16N4/c1-3-7-11-8(13(2)12-7)9(10)5-4-6-9/h3-6,10H2,1-2H3. The van der Waals surface area contributed by atoms with Crippen LogP contribution < -0.4 is 5.73 Å². The summed E-state index contributed by atoms with van der Waals surface area (Å²) in [5, 5.41) is 4.30. The molecule has 4 heteroatoms. The van der Waals surface area contributed by atoms with Crippen LogP contribution in [0.2, 0.25) is 0 Å². The highest BCUT2D eigenvalue weighted by Gasteiger charge is 2.38. The van der Waals surface area contributed by atoms with Crippen LogP contribution in [0.4, 0.5) is 0 Å². The summed E-state index contributed by atoms with van der Waals surface area (Å²) in [6.45, 7) is 2.06. The predicted octanol–water partition coefficient (Wildman–Crippen LogP) is 0.715. The van der Waals surface area contributed by atoms with Gasteiger partial charge in [0.15, 0.2) is 5.82 Å². The molecule has 1 aromatic heterocycles. The van der Waals surface area contributed by atoms with Gasteiger partial charge in [-0.05, 0) is 19.3 Å². The number of nitrogens with two attached hydrogens (primary N) is 1. The van der Waals surface area contributed by atoms with E-state index in [1.54, 1.807) is 0 Å². The lowest BCUT2D eigenvalue weighted by molar-refractivity contribution is 0.230. The van der Waals surface area contributed by atoms with Crippen LogP contribution >= 0.6 is 0 Å². The number of hydrogen-bond donors (Lipinski definition) is 1. The number of rotatable bonds is 2. The first-order valence-corrected chi connectivity index (χ1v) is 4.85. The summed E-state index contributed by atoms with van der Waals surface area (Å²) in [6.07, 6.45) is 4.18. The van der Waals surface area contributed by atoms with E-state index >= 15 is 0 Å². The molecule has 0 bridgehead atoms. The molecule has 1 aliphatic rings. The summed E-state index contributed by atoms with van der Waals surface area (Å²) < 4.78 is 1.83.